The Kier molecular flexibility index (Phi) is 15.7. The highest BCUT2D eigenvalue weighted by Gasteiger charge is 2.41. The van der Waals surface area contributed by atoms with Crippen LogP contribution in [0.1, 0.15) is 138 Å². The van der Waals surface area contributed by atoms with Gasteiger partial charge in [0.25, 0.3) is 11.8 Å². The van der Waals surface area contributed by atoms with Crippen LogP contribution in [0.5, 0.6) is 0 Å². The van der Waals surface area contributed by atoms with Crippen LogP contribution in [-0.4, -0.2) is 113 Å². The number of carboxylic acids is 1. The molecule has 0 saturated carbocycles. The minimum atomic E-state index is -1.05. The Morgan fingerprint density at radius 1 is 0.687 bits per heavy atom. The van der Waals surface area contributed by atoms with Crippen molar-refractivity contribution in [2.75, 3.05) is 52.7 Å². The van der Waals surface area contributed by atoms with Gasteiger partial charge in [-0.1, -0.05) is 39.8 Å². The van der Waals surface area contributed by atoms with Gasteiger partial charge in [-0.25, -0.2) is 14.4 Å². The van der Waals surface area contributed by atoms with Gasteiger partial charge in [0.05, 0.1) is 63.8 Å². The van der Waals surface area contributed by atoms with Crippen LogP contribution in [0.15, 0.2) is 48.5 Å². The molecule has 0 bridgehead atoms. The van der Waals surface area contributed by atoms with E-state index < -0.39 is 17.9 Å². The van der Waals surface area contributed by atoms with E-state index in [2.05, 4.69) is 10.6 Å². The molecule has 4 aromatic rings. The standard InChI is InChI=1S/C25H31N3O6.C25H31N3O5/c1-3-19-21-20(12-25(15-26-22(21)29)8-10-33-11-9-25)28(27-19)13-16(2)14-34-24(32)18-6-4-17(5-7-18)23(30)31;1-3-20-22-21(12-25(16-26-23(22)30)8-10-32-11-9-25)28(27-20)13-17(2)15-33-24(31)19-6-4-18(14-29)5-7-19/h4-7,16H,3,8-15H2,1-2H3,(H,26,29)(H,30,31);4-7,14,17H,3,8-13,15-16H2,1-2H3,(H,26,30)/t16-;17-/m11/s1. The molecule has 6 heterocycles. The van der Waals surface area contributed by atoms with E-state index in [0.29, 0.717) is 93.3 Å². The monoisotopic (exact) mass is 922 g/mol. The number of nitrogens with one attached hydrogen (secondary N) is 2. The molecular formula is C50H62N6O11. The maximum Gasteiger partial charge on any atom is 0.338 e. The Morgan fingerprint density at radius 3 is 1.45 bits per heavy atom. The molecular weight excluding hydrogens is 861 g/mol. The van der Waals surface area contributed by atoms with Gasteiger partial charge in [0, 0.05) is 70.0 Å². The first kappa shape index (κ1) is 48.7. The summed E-state index contributed by atoms with van der Waals surface area (Å²) in [6, 6.07) is 12.0. The van der Waals surface area contributed by atoms with E-state index in [1.54, 1.807) is 24.3 Å². The lowest BCUT2D eigenvalue weighted by Gasteiger charge is -2.36. The molecule has 67 heavy (non-hydrogen) atoms. The number of aromatic carboxylic acids is 1. The first-order valence-corrected chi connectivity index (χ1v) is 23.4. The summed E-state index contributed by atoms with van der Waals surface area (Å²) in [6.45, 7) is 13.6. The van der Waals surface area contributed by atoms with Crippen molar-refractivity contribution in [1.82, 2.24) is 30.2 Å². The average Bonchev–Trinajstić information content (AvgIpc) is 3.77. The summed E-state index contributed by atoms with van der Waals surface area (Å²) in [5.74, 6) is -2.11. The number of aldehydes is 1. The van der Waals surface area contributed by atoms with Gasteiger partial charge in [0.2, 0.25) is 0 Å². The van der Waals surface area contributed by atoms with Gasteiger partial charge in [-0.15, -0.1) is 0 Å². The molecule has 2 aromatic carbocycles. The number of ether oxygens (including phenoxy) is 4. The van der Waals surface area contributed by atoms with Crippen molar-refractivity contribution >= 4 is 36.0 Å². The fourth-order valence-corrected chi connectivity index (χ4v) is 9.39. The molecule has 8 rings (SSSR count). The number of carbonyl (C=O) groups is 6. The molecule has 0 unspecified atom stereocenters. The Labute approximate surface area is 390 Å². The first-order valence-electron chi connectivity index (χ1n) is 23.4. The maximum atomic E-state index is 12.9. The van der Waals surface area contributed by atoms with E-state index in [0.717, 1.165) is 67.6 Å². The summed E-state index contributed by atoms with van der Waals surface area (Å²) in [5, 5.41) is 24.8. The zero-order valence-corrected chi connectivity index (χ0v) is 38.9. The number of nitrogens with zero attached hydrogens (tertiary/aromatic N) is 4. The summed E-state index contributed by atoms with van der Waals surface area (Å²) in [7, 11) is 0. The Balaban J connectivity index is 0.000000199. The van der Waals surface area contributed by atoms with Gasteiger partial charge in [0.15, 0.2) is 0 Å². The van der Waals surface area contributed by atoms with Gasteiger partial charge in [-0.05, 0) is 98.6 Å². The van der Waals surface area contributed by atoms with Crippen molar-refractivity contribution in [3.05, 3.63) is 105 Å². The number of carboxylic acid groups (broad SMARTS) is 1. The predicted octanol–water partition coefficient (Wildman–Crippen LogP) is 5.55. The highest BCUT2D eigenvalue weighted by Crippen LogP contribution is 2.39. The van der Waals surface area contributed by atoms with E-state index in [-0.39, 0.29) is 53.3 Å². The number of fused-ring (bicyclic) bond motifs is 2. The first-order chi connectivity index (χ1) is 32.3. The number of amides is 2. The lowest BCUT2D eigenvalue weighted by Crippen LogP contribution is -2.41. The van der Waals surface area contributed by atoms with Crippen LogP contribution in [0.25, 0.3) is 0 Å². The average molecular weight is 923 g/mol. The van der Waals surface area contributed by atoms with Crippen molar-refractivity contribution in [3.8, 4) is 0 Å². The van der Waals surface area contributed by atoms with E-state index in [4.69, 9.17) is 34.3 Å². The number of aryl methyl sites for hydroxylation is 2. The largest absolute Gasteiger partial charge is 0.478 e. The van der Waals surface area contributed by atoms with Crippen LogP contribution in [0.4, 0.5) is 0 Å². The summed E-state index contributed by atoms with van der Waals surface area (Å²) >= 11 is 0. The number of hydrogen-bond donors (Lipinski definition) is 3. The molecule has 17 nitrogen and oxygen atoms in total. The fraction of sp³-hybridized carbons (Fsp3) is 0.520. The fourth-order valence-electron chi connectivity index (χ4n) is 9.39. The molecule has 4 aliphatic heterocycles. The van der Waals surface area contributed by atoms with Gasteiger partial charge in [-0.2, -0.15) is 10.2 Å². The molecule has 358 valence electrons. The third-order valence-electron chi connectivity index (χ3n) is 13.4. The van der Waals surface area contributed by atoms with Crippen LogP contribution in [0.3, 0.4) is 0 Å². The summed E-state index contributed by atoms with van der Waals surface area (Å²) in [4.78, 5) is 72.4. The molecule has 2 spiro atoms. The van der Waals surface area contributed by atoms with Gasteiger partial charge in [0.1, 0.15) is 6.29 Å². The zero-order valence-electron chi connectivity index (χ0n) is 38.9. The molecule has 2 amide bonds. The van der Waals surface area contributed by atoms with Crippen LogP contribution >= 0.6 is 0 Å². The highest BCUT2D eigenvalue weighted by molar-refractivity contribution is 5.98. The van der Waals surface area contributed by atoms with Crippen molar-refractivity contribution in [1.29, 1.82) is 0 Å². The molecule has 2 atom stereocenters. The van der Waals surface area contributed by atoms with Crippen molar-refractivity contribution in [3.63, 3.8) is 0 Å². The van der Waals surface area contributed by atoms with Crippen molar-refractivity contribution in [2.24, 2.45) is 22.7 Å². The molecule has 4 aliphatic rings. The topological polar surface area (TPSA) is 219 Å². The van der Waals surface area contributed by atoms with Crippen LogP contribution < -0.4 is 10.6 Å². The second-order valence-corrected chi connectivity index (χ2v) is 18.6. The van der Waals surface area contributed by atoms with E-state index in [1.165, 1.54) is 24.3 Å². The molecule has 2 aromatic heterocycles. The minimum absolute atomic E-state index is 0.00820. The SMILES string of the molecule is CCc1nn(C[C@@H](C)COC(=O)c2ccc(C(=O)O)cc2)c2c1C(=O)NCC1(CCOCC1)C2.CCc1nn(C[C@@H](C)COC(=O)c2ccc(C=O)cc2)c2c1C(=O)NCC1(CCOCC1)C2. The van der Waals surface area contributed by atoms with Crippen LogP contribution in [0, 0.1) is 22.7 Å². The quantitative estimate of drug-likeness (QED) is 0.104. The Morgan fingerprint density at radius 2 is 1.07 bits per heavy atom. The number of rotatable bonds is 14. The van der Waals surface area contributed by atoms with Crippen LogP contribution in [-0.2, 0) is 57.7 Å². The molecule has 17 heteroatoms. The summed E-state index contributed by atoms with van der Waals surface area (Å²) in [5.41, 5.74) is 6.23. The van der Waals surface area contributed by atoms with Gasteiger partial charge < -0.3 is 34.7 Å². The van der Waals surface area contributed by atoms with Crippen molar-refractivity contribution < 1.29 is 52.8 Å². The number of benzene rings is 2. The summed E-state index contributed by atoms with van der Waals surface area (Å²) < 4.78 is 26.0. The maximum absolute atomic E-state index is 12.9. The number of esters is 2. The van der Waals surface area contributed by atoms with E-state index in [9.17, 15) is 28.8 Å². The van der Waals surface area contributed by atoms with Crippen LogP contribution in [0.2, 0.25) is 0 Å². The molecule has 0 radical (unpaired) electrons. The zero-order chi connectivity index (χ0) is 47.7. The predicted molar refractivity (Wildman–Crippen MR) is 244 cm³/mol. The lowest BCUT2D eigenvalue weighted by atomic mass is 9.76. The lowest BCUT2D eigenvalue weighted by molar-refractivity contribution is 0.0150. The molecule has 3 N–H and O–H groups in total. The number of hydrogen-bond acceptors (Lipinski definition) is 12. The van der Waals surface area contributed by atoms with E-state index in [1.807, 2.05) is 37.1 Å². The Hall–Kier alpha value is -6.20. The third-order valence-corrected chi connectivity index (χ3v) is 13.4. The highest BCUT2D eigenvalue weighted by atomic mass is 16.5. The Bertz CT molecular complexity index is 2430. The normalized spacial score (nSPS) is 18.1. The third kappa shape index (κ3) is 11.5. The number of aromatic nitrogens is 4. The van der Waals surface area contributed by atoms with Gasteiger partial charge in [-0.3, -0.25) is 23.7 Å². The summed E-state index contributed by atoms with van der Waals surface area (Å²) in [6.07, 6.45) is 7.24. The number of carbonyl (C=O) groups excluding carboxylic acids is 5. The second-order valence-electron chi connectivity index (χ2n) is 18.6. The van der Waals surface area contributed by atoms with Gasteiger partial charge >= 0.3 is 17.9 Å². The van der Waals surface area contributed by atoms with Crippen molar-refractivity contribution in [2.45, 2.75) is 92.2 Å². The molecule has 2 fully saturated rings. The molecule has 0 aliphatic carbocycles. The second kappa shape index (κ2) is 21.6. The smallest absolute Gasteiger partial charge is 0.338 e. The van der Waals surface area contributed by atoms with E-state index >= 15 is 0 Å². The minimum Gasteiger partial charge on any atom is -0.478 e. The molecule has 2 saturated heterocycles.